The third-order valence-electron chi connectivity index (χ3n) is 2.92. The average Bonchev–Trinajstić information content (AvgIpc) is 2.53. The molecule has 0 fully saturated rings. The molecule has 1 amide bonds. The molecule has 0 aliphatic carbocycles. The van der Waals surface area contributed by atoms with E-state index in [4.69, 9.17) is 0 Å². The molecule has 1 aromatic carbocycles. The second-order valence-electron chi connectivity index (χ2n) is 4.62. The lowest BCUT2D eigenvalue weighted by molar-refractivity contribution is 0.0778. The molecule has 0 saturated heterocycles. The predicted molar refractivity (Wildman–Crippen MR) is 83.0 cm³/mol. The zero-order chi connectivity index (χ0) is 15.1. The van der Waals surface area contributed by atoms with Crippen LogP contribution in [0.25, 0.3) is 0 Å². The van der Waals surface area contributed by atoms with Crippen LogP contribution >= 0.6 is 0 Å². The van der Waals surface area contributed by atoms with Gasteiger partial charge >= 0.3 is 0 Å². The summed E-state index contributed by atoms with van der Waals surface area (Å²) in [6.45, 7) is 4.76. The molecule has 1 N–H and O–H groups in total. The van der Waals surface area contributed by atoms with Crippen LogP contribution in [0.1, 0.15) is 16.1 Å². The van der Waals surface area contributed by atoms with Crippen molar-refractivity contribution < 1.29 is 4.79 Å². The van der Waals surface area contributed by atoms with Crippen molar-refractivity contribution in [3.63, 3.8) is 0 Å². The third kappa shape index (κ3) is 4.14. The minimum Gasteiger partial charge on any atom is -0.365 e. The van der Waals surface area contributed by atoms with Crippen LogP contribution in [0.2, 0.25) is 0 Å². The Kier molecular flexibility index (Phi) is 5.04. The fourth-order valence-electron chi connectivity index (χ4n) is 1.84. The molecule has 0 saturated carbocycles. The van der Waals surface area contributed by atoms with Gasteiger partial charge in [-0.15, -0.1) is 16.8 Å². The highest BCUT2D eigenvalue weighted by Crippen LogP contribution is 2.08. The van der Waals surface area contributed by atoms with Gasteiger partial charge in [0.1, 0.15) is 5.82 Å². The molecule has 2 rings (SSSR count). The average molecular weight is 282 g/mol. The van der Waals surface area contributed by atoms with Gasteiger partial charge in [0.05, 0.1) is 0 Å². The molecule has 21 heavy (non-hydrogen) atoms. The van der Waals surface area contributed by atoms with Crippen molar-refractivity contribution in [2.24, 2.45) is 0 Å². The van der Waals surface area contributed by atoms with Crippen LogP contribution in [0, 0.1) is 0 Å². The molecule has 2 aromatic rings. The molecule has 1 aromatic heterocycles. The quantitative estimate of drug-likeness (QED) is 0.826. The first-order valence-corrected chi connectivity index (χ1v) is 6.68. The van der Waals surface area contributed by atoms with Crippen LogP contribution in [0.15, 0.2) is 55.1 Å². The molecule has 5 nitrogen and oxygen atoms in total. The molecule has 0 spiro atoms. The molecule has 0 unspecified atom stereocenters. The van der Waals surface area contributed by atoms with E-state index < -0.39 is 0 Å². The Bertz CT molecular complexity index is 595. The lowest BCUT2D eigenvalue weighted by Crippen LogP contribution is -2.27. The minimum absolute atomic E-state index is 0.151. The van der Waals surface area contributed by atoms with Crippen LogP contribution in [0.3, 0.4) is 0 Å². The van der Waals surface area contributed by atoms with E-state index >= 15 is 0 Å². The van der Waals surface area contributed by atoms with Gasteiger partial charge in [-0.05, 0) is 17.7 Å². The zero-order valence-corrected chi connectivity index (χ0v) is 12.0. The van der Waals surface area contributed by atoms with E-state index in [2.05, 4.69) is 22.1 Å². The summed E-state index contributed by atoms with van der Waals surface area (Å²) in [5.74, 6) is 0.471. The van der Waals surface area contributed by atoms with Gasteiger partial charge < -0.3 is 10.2 Å². The maximum absolute atomic E-state index is 12.3. The number of rotatable bonds is 6. The van der Waals surface area contributed by atoms with Gasteiger partial charge in [-0.2, -0.15) is 0 Å². The van der Waals surface area contributed by atoms with E-state index in [1.54, 1.807) is 30.2 Å². The van der Waals surface area contributed by atoms with E-state index in [0.717, 1.165) is 5.56 Å². The fraction of sp³-hybridized carbons (Fsp3) is 0.188. The number of amides is 1. The number of carbonyl (C=O) groups excluding carboxylic acids is 1. The van der Waals surface area contributed by atoms with Gasteiger partial charge in [0.2, 0.25) is 0 Å². The molecule has 1 heterocycles. The summed E-state index contributed by atoms with van der Waals surface area (Å²) >= 11 is 0. The Morgan fingerprint density at radius 1 is 1.24 bits per heavy atom. The maximum atomic E-state index is 12.3. The van der Waals surface area contributed by atoms with Gasteiger partial charge in [0, 0.05) is 20.1 Å². The number of hydrogen-bond donors (Lipinski definition) is 1. The monoisotopic (exact) mass is 282 g/mol. The first-order chi connectivity index (χ1) is 10.2. The predicted octanol–water partition coefficient (Wildman–Crippen LogP) is 2.35. The number of aromatic nitrogens is 2. The Balaban J connectivity index is 2.00. The lowest BCUT2D eigenvalue weighted by Gasteiger charge is -2.16. The van der Waals surface area contributed by atoms with Crippen LogP contribution in [-0.2, 0) is 6.54 Å². The summed E-state index contributed by atoms with van der Waals surface area (Å²) in [6, 6.07) is 13.2. The van der Waals surface area contributed by atoms with Crippen molar-refractivity contribution in [1.29, 1.82) is 0 Å². The van der Waals surface area contributed by atoms with Crippen molar-refractivity contribution in [1.82, 2.24) is 15.1 Å². The summed E-state index contributed by atoms with van der Waals surface area (Å²) in [5.41, 5.74) is 1.41. The second kappa shape index (κ2) is 7.19. The second-order valence-corrected chi connectivity index (χ2v) is 4.62. The summed E-state index contributed by atoms with van der Waals surface area (Å²) in [7, 11) is 1.75. The van der Waals surface area contributed by atoms with Gasteiger partial charge in [0.25, 0.3) is 5.91 Å². The van der Waals surface area contributed by atoms with Crippen molar-refractivity contribution in [2.75, 3.05) is 18.9 Å². The molecule has 5 heteroatoms. The number of carbonyl (C=O) groups is 1. The van der Waals surface area contributed by atoms with Crippen molar-refractivity contribution >= 4 is 11.7 Å². The van der Waals surface area contributed by atoms with Gasteiger partial charge in [-0.3, -0.25) is 4.79 Å². The number of nitrogens with zero attached hydrogens (tertiary/aromatic N) is 3. The number of nitrogens with one attached hydrogen (secondary N) is 1. The Hall–Kier alpha value is -2.69. The highest BCUT2D eigenvalue weighted by atomic mass is 16.2. The van der Waals surface area contributed by atoms with Gasteiger partial charge in [-0.1, -0.05) is 36.4 Å². The van der Waals surface area contributed by atoms with Crippen LogP contribution in [0.4, 0.5) is 5.82 Å². The topological polar surface area (TPSA) is 58.1 Å². The molecule has 108 valence electrons. The minimum atomic E-state index is -0.151. The molecule has 0 atom stereocenters. The molecule has 0 aliphatic rings. The van der Waals surface area contributed by atoms with E-state index in [0.29, 0.717) is 24.6 Å². The smallest absolute Gasteiger partial charge is 0.274 e. The number of anilines is 1. The standard InChI is InChI=1S/C16H18N4O/c1-3-11-17-15-10-9-14(18-19-15)16(21)20(2)12-13-7-5-4-6-8-13/h3-10H,1,11-12H2,2H3,(H,17,19). The maximum Gasteiger partial charge on any atom is 0.274 e. The molecular formula is C16H18N4O. The summed E-state index contributed by atoms with van der Waals surface area (Å²) in [5, 5.41) is 10.9. The van der Waals surface area contributed by atoms with Crippen molar-refractivity contribution in [3.05, 3.63) is 66.4 Å². The molecule has 0 radical (unpaired) electrons. The molecule has 0 bridgehead atoms. The SMILES string of the molecule is C=CCNc1ccc(C(=O)N(C)Cc2ccccc2)nn1. The van der Waals surface area contributed by atoms with Crippen LogP contribution in [0.5, 0.6) is 0 Å². The first-order valence-electron chi connectivity index (χ1n) is 6.68. The Morgan fingerprint density at radius 3 is 2.62 bits per heavy atom. The van der Waals surface area contributed by atoms with E-state index in [-0.39, 0.29) is 5.91 Å². The number of benzene rings is 1. The Labute approximate surface area is 124 Å². The van der Waals surface area contributed by atoms with E-state index in [1.165, 1.54) is 0 Å². The molecule has 0 aliphatic heterocycles. The van der Waals surface area contributed by atoms with Gasteiger partial charge in [-0.25, -0.2) is 0 Å². The summed E-state index contributed by atoms with van der Waals surface area (Å²) < 4.78 is 0. The number of hydrogen-bond acceptors (Lipinski definition) is 4. The van der Waals surface area contributed by atoms with Crippen molar-refractivity contribution in [3.8, 4) is 0 Å². The van der Waals surface area contributed by atoms with Crippen LogP contribution in [-0.4, -0.2) is 34.6 Å². The summed E-state index contributed by atoms with van der Waals surface area (Å²) in [4.78, 5) is 13.9. The Morgan fingerprint density at radius 2 is 2.00 bits per heavy atom. The third-order valence-corrected chi connectivity index (χ3v) is 2.92. The van der Waals surface area contributed by atoms with E-state index in [1.807, 2.05) is 30.3 Å². The largest absolute Gasteiger partial charge is 0.365 e. The van der Waals surface area contributed by atoms with Gasteiger partial charge in [0.15, 0.2) is 5.69 Å². The lowest BCUT2D eigenvalue weighted by atomic mass is 10.2. The summed E-state index contributed by atoms with van der Waals surface area (Å²) in [6.07, 6.45) is 1.73. The zero-order valence-electron chi connectivity index (χ0n) is 12.0. The van der Waals surface area contributed by atoms with E-state index in [9.17, 15) is 4.79 Å². The highest BCUT2D eigenvalue weighted by molar-refractivity contribution is 5.92. The normalized spacial score (nSPS) is 9.95. The van der Waals surface area contributed by atoms with Crippen molar-refractivity contribution in [2.45, 2.75) is 6.54 Å². The van der Waals surface area contributed by atoms with Crippen LogP contribution < -0.4 is 5.32 Å². The molecular weight excluding hydrogens is 264 g/mol. The first kappa shape index (κ1) is 14.7. The fourth-order valence-corrected chi connectivity index (χ4v) is 1.84. The highest BCUT2D eigenvalue weighted by Gasteiger charge is 2.14.